The molecule has 0 atom stereocenters. The SMILES string of the molecule is Cc1[c-]c(C)ccc1.[Cl-].[Cl-].[Cl-].[V+4]. The Balaban J connectivity index is -0.0000000800. The van der Waals surface area contributed by atoms with E-state index in [-0.39, 0.29) is 55.8 Å². The van der Waals surface area contributed by atoms with E-state index in [0.29, 0.717) is 0 Å². The maximum atomic E-state index is 3.17. The second-order valence-corrected chi connectivity index (χ2v) is 2.02. The maximum absolute atomic E-state index is 3.17. The van der Waals surface area contributed by atoms with Crippen LogP contribution in [0, 0.1) is 19.9 Å². The van der Waals surface area contributed by atoms with Gasteiger partial charge in [-0.2, -0.15) is 35.4 Å². The Hall–Kier alpha value is 0.674. The first-order chi connectivity index (χ1) is 3.79. The van der Waals surface area contributed by atoms with E-state index in [4.69, 9.17) is 0 Å². The largest absolute Gasteiger partial charge is 4.00 e. The summed E-state index contributed by atoms with van der Waals surface area (Å²) >= 11 is 0. The molecule has 0 nitrogen and oxygen atoms in total. The van der Waals surface area contributed by atoms with Gasteiger partial charge < -0.3 is 37.2 Å². The van der Waals surface area contributed by atoms with E-state index in [1.165, 1.54) is 11.1 Å². The Morgan fingerprint density at radius 2 is 1.25 bits per heavy atom. The minimum Gasteiger partial charge on any atom is -1.00 e. The Labute approximate surface area is 105 Å². The first kappa shape index (κ1) is 23.0. The second kappa shape index (κ2) is 11.7. The van der Waals surface area contributed by atoms with Crippen LogP contribution in [-0.4, -0.2) is 0 Å². The van der Waals surface area contributed by atoms with Gasteiger partial charge in [0, 0.05) is 0 Å². The van der Waals surface area contributed by atoms with E-state index >= 15 is 0 Å². The van der Waals surface area contributed by atoms with Crippen LogP contribution >= 0.6 is 0 Å². The molecule has 0 N–H and O–H groups in total. The molecule has 0 aliphatic carbocycles. The number of halogens is 3. The molecular formula is C8H9Cl3V. The molecule has 12 heavy (non-hydrogen) atoms. The molecule has 0 aromatic heterocycles. The van der Waals surface area contributed by atoms with Gasteiger partial charge in [0.25, 0.3) is 0 Å². The van der Waals surface area contributed by atoms with Crippen molar-refractivity contribution in [3.8, 4) is 0 Å². The predicted molar refractivity (Wildman–Crippen MR) is 34.8 cm³/mol. The average Bonchev–Trinajstić information content (AvgIpc) is 1.64. The quantitative estimate of drug-likeness (QED) is 0.408. The van der Waals surface area contributed by atoms with Crippen LogP contribution in [0.1, 0.15) is 11.1 Å². The van der Waals surface area contributed by atoms with Gasteiger partial charge in [0.1, 0.15) is 0 Å². The van der Waals surface area contributed by atoms with Crippen LogP contribution in [0.15, 0.2) is 18.2 Å². The molecule has 0 amide bonds. The van der Waals surface area contributed by atoms with Gasteiger partial charge in [0.2, 0.25) is 0 Å². The molecule has 0 heterocycles. The zero-order valence-corrected chi connectivity index (χ0v) is 10.5. The first-order valence-electron chi connectivity index (χ1n) is 2.74. The summed E-state index contributed by atoms with van der Waals surface area (Å²) < 4.78 is 0. The average molecular weight is 262 g/mol. The Morgan fingerprint density at radius 1 is 0.917 bits per heavy atom. The number of rotatable bonds is 0. The second-order valence-electron chi connectivity index (χ2n) is 2.02. The van der Waals surface area contributed by atoms with Gasteiger partial charge in [-0.1, -0.05) is 13.8 Å². The molecule has 0 saturated carbocycles. The monoisotopic (exact) mass is 261 g/mol. The van der Waals surface area contributed by atoms with Crippen molar-refractivity contribution in [1.82, 2.24) is 0 Å². The van der Waals surface area contributed by atoms with Crippen molar-refractivity contribution in [1.29, 1.82) is 0 Å². The topological polar surface area (TPSA) is 0 Å². The zero-order valence-electron chi connectivity index (χ0n) is 6.81. The van der Waals surface area contributed by atoms with Gasteiger partial charge in [0.15, 0.2) is 0 Å². The van der Waals surface area contributed by atoms with Gasteiger partial charge >= 0.3 is 18.6 Å². The molecule has 1 aromatic carbocycles. The van der Waals surface area contributed by atoms with E-state index in [1.54, 1.807) is 0 Å². The van der Waals surface area contributed by atoms with Crippen molar-refractivity contribution in [3.05, 3.63) is 35.4 Å². The zero-order chi connectivity index (χ0) is 5.98. The van der Waals surface area contributed by atoms with Crippen LogP contribution in [0.25, 0.3) is 0 Å². The summed E-state index contributed by atoms with van der Waals surface area (Å²) in [6.07, 6.45) is 0. The van der Waals surface area contributed by atoms with Gasteiger partial charge in [-0.25, -0.2) is 0 Å². The molecule has 0 aliphatic heterocycles. The predicted octanol–water partition coefficient (Wildman–Crippen LogP) is -6.89. The summed E-state index contributed by atoms with van der Waals surface area (Å²) in [4.78, 5) is 0. The van der Waals surface area contributed by atoms with E-state index in [9.17, 15) is 0 Å². The number of aryl methyl sites for hydroxylation is 2. The van der Waals surface area contributed by atoms with E-state index in [1.807, 2.05) is 32.0 Å². The summed E-state index contributed by atoms with van der Waals surface area (Å²) in [6.45, 7) is 4.10. The Morgan fingerprint density at radius 3 is 1.42 bits per heavy atom. The van der Waals surface area contributed by atoms with Crippen molar-refractivity contribution in [2.24, 2.45) is 0 Å². The third-order valence-electron chi connectivity index (χ3n) is 1.09. The summed E-state index contributed by atoms with van der Waals surface area (Å²) in [7, 11) is 0. The molecule has 0 bridgehead atoms. The van der Waals surface area contributed by atoms with Crippen LogP contribution in [0.2, 0.25) is 0 Å². The fraction of sp³-hybridized carbons (Fsp3) is 0.250. The first-order valence-corrected chi connectivity index (χ1v) is 2.74. The molecule has 67 valence electrons. The van der Waals surface area contributed by atoms with E-state index in [0.717, 1.165) is 0 Å². The van der Waals surface area contributed by atoms with Crippen molar-refractivity contribution >= 4 is 0 Å². The molecule has 0 fully saturated rings. The smallest absolute Gasteiger partial charge is 1.00 e. The standard InChI is InChI=1S/C8H9.3ClH.V/c1-7-4-3-5-8(2)6-7;;;;/h3-5H,1-2H3;3*1H;/q-1;;;;+4/p-3. The van der Waals surface area contributed by atoms with Crippen molar-refractivity contribution in [2.45, 2.75) is 13.8 Å². The minimum absolute atomic E-state index is 0. The van der Waals surface area contributed by atoms with Crippen LogP contribution in [0.5, 0.6) is 0 Å². The van der Waals surface area contributed by atoms with Crippen molar-refractivity contribution in [3.63, 3.8) is 0 Å². The van der Waals surface area contributed by atoms with Crippen LogP contribution in [-0.2, 0) is 18.6 Å². The van der Waals surface area contributed by atoms with E-state index in [2.05, 4.69) is 6.07 Å². The normalized spacial score (nSPS) is 6.17. The summed E-state index contributed by atoms with van der Waals surface area (Å²) in [5.74, 6) is 0. The Kier molecular flexibility index (Phi) is 22.3. The molecule has 1 radical (unpaired) electrons. The van der Waals surface area contributed by atoms with Crippen molar-refractivity contribution in [2.75, 3.05) is 0 Å². The third kappa shape index (κ3) is 8.77. The van der Waals surface area contributed by atoms with Crippen molar-refractivity contribution < 1.29 is 55.8 Å². The fourth-order valence-corrected chi connectivity index (χ4v) is 0.731. The number of hydrogen-bond donors (Lipinski definition) is 0. The van der Waals surface area contributed by atoms with Crippen LogP contribution in [0.4, 0.5) is 0 Å². The maximum Gasteiger partial charge on any atom is 4.00 e. The molecule has 4 heteroatoms. The Bertz CT molecular complexity index is 174. The van der Waals surface area contributed by atoms with Crippen LogP contribution in [0.3, 0.4) is 0 Å². The van der Waals surface area contributed by atoms with Gasteiger partial charge in [-0.05, 0) is 0 Å². The fourth-order valence-electron chi connectivity index (χ4n) is 0.731. The molecule has 0 spiro atoms. The molecule has 1 aromatic rings. The molecule has 0 saturated heterocycles. The van der Waals surface area contributed by atoms with Gasteiger partial charge in [-0.3, -0.25) is 0 Å². The molecule has 0 aliphatic rings. The van der Waals surface area contributed by atoms with E-state index < -0.39 is 0 Å². The molecule has 0 unspecified atom stereocenters. The molecule has 1 rings (SSSR count). The third-order valence-corrected chi connectivity index (χ3v) is 1.09. The summed E-state index contributed by atoms with van der Waals surface area (Å²) in [6, 6.07) is 9.31. The number of benzene rings is 1. The minimum atomic E-state index is 0. The van der Waals surface area contributed by atoms with Gasteiger partial charge in [0.05, 0.1) is 0 Å². The molecular weight excluding hydrogens is 253 g/mol. The van der Waals surface area contributed by atoms with Crippen LogP contribution < -0.4 is 37.2 Å². The number of hydrogen-bond acceptors (Lipinski definition) is 0. The summed E-state index contributed by atoms with van der Waals surface area (Å²) in [5.41, 5.74) is 2.43. The van der Waals surface area contributed by atoms with Gasteiger partial charge in [-0.15, -0.1) is 0 Å². The summed E-state index contributed by atoms with van der Waals surface area (Å²) in [5, 5.41) is 0.